The molecule has 0 saturated carbocycles. The van der Waals surface area contributed by atoms with Crippen LogP contribution in [-0.4, -0.2) is 23.1 Å². The molecule has 0 bridgehead atoms. The van der Waals surface area contributed by atoms with Gasteiger partial charge in [0, 0.05) is 18.0 Å². The van der Waals surface area contributed by atoms with E-state index in [1.54, 1.807) is 0 Å². The predicted octanol–water partition coefficient (Wildman–Crippen LogP) is 4.41. The van der Waals surface area contributed by atoms with E-state index in [1.807, 2.05) is 6.07 Å². The Morgan fingerprint density at radius 2 is 1.76 bits per heavy atom. The van der Waals surface area contributed by atoms with Crippen LogP contribution in [-0.2, 0) is 5.41 Å². The zero-order valence-electron chi connectivity index (χ0n) is 14.7. The molecule has 0 unspecified atom stereocenters. The van der Waals surface area contributed by atoms with E-state index in [1.165, 1.54) is 0 Å². The molecule has 1 heterocycles. The van der Waals surface area contributed by atoms with Gasteiger partial charge in [-0.15, -0.1) is 0 Å². The first-order valence-electron chi connectivity index (χ1n) is 7.88. The lowest BCUT2D eigenvalue weighted by Crippen LogP contribution is -2.19. The van der Waals surface area contributed by atoms with E-state index >= 15 is 0 Å². The molecule has 120 valence electrons. The standard InChI is InChI=1S/C17H31N3O/c1-8-10-18-13-12-14(21-11-9-16(2,3)4)20-15(19-13)17(5,6)7/h12H,8-11H2,1-7H3,(H,18,19,20). The third-order valence-electron chi connectivity index (χ3n) is 3.03. The van der Waals surface area contributed by atoms with Crippen LogP contribution in [0.2, 0.25) is 0 Å². The molecule has 0 amide bonds. The summed E-state index contributed by atoms with van der Waals surface area (Å²) in [4.78, 5) is 9.16. The molecule has 0 spiro atoms. The first-order chi connectivity index (χ1) is 9.62. The Morgan fingerprint density at radius 3 is 2.29 bits per heavy atom. The summed E-state index contributed by atoms with van der Waals surface area (Å²) in [5.41, 5.74) is 0.176. The van der Waals surface area contributed by atoms with Gasteiger partial charge >= 0.3 is 0 Å². The van der Waals surface area contributed by atoms with E-state index < -0.39 is 0 Å². The van der Waals surface area contributed by atoms with Crippen LogP contribution in [0.3, 0.4) is 0 Å². The van der Waals surface area contributed by atoms with E-state index in [2.05, 4.69) is 63.8 Å². The molecular weight excluding hydrogens is 262 g/mol. The van der Waals surface area contributed by atoms with Crippen molar-refractivity contribution in [2.24, 2.45) is 5.41 Å². The van der Waals surface area contributed by atoms with E-state index in [0.29, 0.717) is 12.5 Å². The number of rotatable bonds is 6. The lowest BCUT2D eigenvalue weighted by Gasteiger charge is -2.20. The van der Waals surface area contributed by atoms with Crippen molar-refractivity contribution >= 4 is 5.82 Å². The van der Waals surface area contributed by atoms with Gasteiger partial charge in [-0.3, -0.25) is 0 Å². The molecule has 0 aliphatic heterocycles. The average molecular weight is 293 g/mol. The van der Waals surface area contributed by atoms with Crippen molar-refractivity contribution in [3.63, 3.8) is 0 Å². The molecule has 4 nitrogen and oxygen atoms in total. The van der Waals surface area contributed by atoms with Crippen molar-refractivity contribution in [2.75, 3.05) is 18.5 Å². The molecule has 21 heavy (non-hydrogen) atoms. The van der Waals surface area contributed by atoms with Gasteiger partial charge < -0.3 is 10.1 Å². The smallest absolute Gasteiger partial charge is 0.218 e. The minimum Gasteiger partial charge on any atom is -0.478 e. The maximum Gasteiger partial charge on any atom is 0.218 e. The number of ether oxygens (including phenoxy) is 1. The summed E-state index contributed by atoms with van der Waals surface area (Å²) >= 11 is 0. The number of nitrogens with one attached hydrogen (secondary N) is 1. The van der Waals surface area contributed by atoms with Crippen molar-refractivity contribution in [1.82, 2.24) is 9.97 Å². The normalized spacial score (nSPS) is 12.3. The lowest BCUT2D eigenvalue weighted by atomic mass is 9.93. The van der Waals surface area contributed by atoms with E-state index in [4.69, 9.17) is 4.74 Å². The van der Waals surface area contributed by atoms with Crippen LogP contribution in [0.4, 0.5) is 5.82 Å². The molecule has 1 aromatic rings. The molecular formula is C17H31N3O. The second-order valence-electron chi connectivity index (χ2n) is 7.75. The van der Waals surface area contributed by atoms with Crippen LogP contribution in [0.1, 0.15) is 67.1 Å². The molecule has 0 aliphatic rings. The second-order valence-corrected chi connectivity index (χ2v) is 7.75. The maximum absolute atomic E-state index is 5.85. The summed E-state index contributed by atoms with van der Waals surface area (Å²) in [7, 11) is 0. The lowest BCUT2D eigenvalue weighted by molar-refractivity contribution is 0.235. The van der Waals surface area contributed by atoms with Crippen LogP contribution in [0.15, 0.2) is 6.07 Å². The number of hydrogen-bond donors (Lipinski definition) is 1. The molecule has 1 N–H and O–H groups in total. The van der Waals surface area contributed by atoms with Gasteiger partial charge in [-0.2, -0.15) is 4.98 Å². The van der Waals surface area contributed by atoms with E-state index in [9.17, 15) is 0 Å². The zero-order valence-corrected chi connectivity index (χ0v) is 14.7. The monoisotopic (exact) mass is 293 g/mol. The van der Waals surface area contributed by atoms with Crippen LogP contribution < -0.4 is 10.1 Å². The van der Waals surface area contributed by atoms with Gasteiger partial charge in [0.2, 0.25) is 5.88 Å². The van der Waals surface area contributed by atoms with Crippen molar-refractivity contribution in [3.8, 4) is 5.88 Å². The van der Waals surface area contributed by atoms with Gasteiger partial charge in [0.15, 0.2) is 0 Å². The quantitative estimate of drug-likeness (QED) is 0.844. The minimum atomic E-state index is -0.0912. The SMILES string of the molecule is CCCNc1cc(OCCC(C)(C)C)nc(C(C)(C)C)n1. The minimum absolute atomic E-state index is 0.0912. The fraction of sp³-hybridized carbons (Fsp3) is 0.765. The van der Waals surface area contributed by atoms with E-state index in [0.717, 1.165) is 31.0 Å². The van der Waals surface area contributed by atoms with Gasteiger partial charge in [0.25, 0.3) is 0 Å². The zero-order chi connectivity index (χ0) is 16.1. The Labute approximate surface area is 129 Å². The van der Waals surface area contributed by atoms with Gasteiger partial charge in [-0.1, -0.05) is 48.5 Å². The van der Waals surface area contributed by atoms with Crippen molar-refractivity contribution < 1.29 is 4.74 Å². The topological polar surface area (TPSA) is 47.0 Å². The predicted molar refractivity (Wildman–Crippen MR) is 89.1 cm³/mol. The van der Waals surface area contributed by atoms with Gasteiger partial charge in [0.1, 0.15) is 11.6 Å². The van der Waals surface area contributed by atoms with E-state index in [-0.39, 0.29) is 10.8 Å². The number of anilines is 1. The molecule has 4 heteroatoms. The molecule has 0 fully saturated rings. The Balaban J connectivity index is 2.86. The number of nitrogens with zero attached hydrogens (tertiary/aromatic N) is 2. The highest BCUT2D eigenvalue weighted by molar-refractivity contribution is 5.39. The molecule has 1 aromatic heterocycles. The van der Waals surface area contributed by atoms with Crippen LogP contribution in [0.25, 0.3) is 0 Å². The fourth-order valence-electron chi connectivity index (χ4n) is 1.64. The Morgan fingerprint density at radius 1 is 1.10 bits per heavy atom. The summed E-state index contributed by atoms with van der Waals surface area (Å²) < 4.78 is 5.85. The largest absolute Gasteiger partial charge is 0.478 e. The maximum atomic E-state index is 5.85. The molecule has 0 radical (unpaired) electrons. The summed E-state index contributed by atoms with van der Waals surface area (Å²) in [5.74, 6) is 2.33. The first kappa shape index (κ1) is 17.7. The van der Waals surface area contributed by atoms with Crippen LogP contribution in [0, 0.1) is 5.41 Å². The highest BCUT2D eigenvalue weighted by Gasteiger charge is 2.20. The summed E-state index contributed by atoms with van der Waals surface area (Å²) in [6.45, 7) is 16.7. The number of aromatic nitrogens is 2. The molecule has 1 rings (SSSR count). The average Bonchev–Trinajstić information content (AvgIpc) is 2.33. The molecule has 0 aromatic carbocycles. The highest BCUT2D eigenvalue weighted by atomic mass is 16.5. The van der Waals surface area contributed by atoms with Crippen molar-refractivity contribution in [3.05, 3.63) is 11.9 Å². The Hall–Kier alpha value is -1.32. The highest BCUT2D eigenvalue weighted by Crippen LogP contribution is 2.24. The Kier molecular flexibility index (Phi) is 5.99. The fourth-order valence-corrected chi connectivity index (χ4v) is 1.64. The van der Waals surface area contributed by atoms with Crippen molar-refractivity contribution in [2.45, 2.75) is 66.7 Å². The Bertz CT molecular complexity index is 444. The molecule has 0 saturated heterocycles. The third-order valence-corrected chi connectivity index (χ3v) is 3.03. The van der Waals surface area contributed by atoms with Gasteiger partial charge in [-0.25, -0.2) is 4.98 Å². The molecule has 0 aliphatic carbocycles. The van der Waals surface area contributed by atoms with Gasteiger partial charge in [0.05, 0.1) is 6.61 Å². The summed E-state index contributed by atoms with van der Waals surface area (Å²) in [5, 5.41) is 3.32. The third kappa shape index (κ3) is 6.78. The van der Waals surface area contributed by atoms with Crippen LogP contribution in [0.5, 0.6) is 5.88 Å². The summed E-state index contributed by atoms with van der Waals surface area (Å²) in [6.07, 6.45) is 2.06. The van der Waals surface area contributed by atoms with Gasteiger partial charge in [-0.05, 0) is 18.3 Å². The first-order valence-corrected chi connectivity index (χ1v) is 7.88. The van der Waals surface area contributed by atoms with Crippen molar-refractivity contribution in [1.29, 1.82) is 0 Å². The van der Waals surface area contributed by atoms with Crippen LogP contribution >= 0.6 is 0 Å². The second kappa shape index (κ2) is 7.10. The molecule has 0 atom stereocenters. The number of hydrogen-bond acceptors (Lipinski definition) is 4. The summed E-state index contributed by atoms with van der Waals surface area (Å²) in [6, 6.07) is 1.90.